The van der Waals surface area contributed by atoms with E-state index in [0.29, 0.717) is 30.9 Å². The van der Waals surface area contributed by atoms with E-state index in [9.17, 15) is 0 Å². The van der Waals surface area contributed by atoms with Gasteiger partial charge >= 0.3 is 0 Å². The van der Waals surface area contributed by atoms with Crippen LogP contribution < -0.4 is 10.1 Å². The maximum absolute atomic E-state index is 6.06. The second-order valence-electron chi connectivity index (χ2n) is 7.58. The first-order valence-electron chi connectivity index (χ1n) is 9.78. The highest BCUT2D eigenvalue weighted by molar-refractivity contribution is 5.52. The summed E-state index contributed by atoms with van der Waals surface area (Å²) in [5, 5.41) is 12.2. The van der Waals surface area contributed by atoms with Gasteiger partial charge < -0.3 is 10.1 Å². The number of anilines is 1. The lowest BCUT2D eigenvalue weighted by atomic mass is 10.2. The Bertz CT molecular complexity index is 1130. The molecule has 1 aliphatic carbocycles. The lowest BCUT2D eigenvalue weighted by Crippen LogP contribution is -2.08. The number of aryl methyl sites for hydroxylation is 2. The van der Waals surface area contributed by atoms with E-state index >= 15 is 0 Å². The summed E-state index contributed by atoms with van der Waals surface area (Å²) >= 11 is 0. The standard InChI is InChI=1S/C21H23N7O/c1-14-7-20-25-21(29-13-16-8-17(16)18-5-3-4-6-22-18)9-19(28(20)26-14)23-10-15-11-24-27(2)12-15/h3-7,9,11-12,16-17,23H,8,10,13H2,1-2H3. The van der Waals surface area contributed by atoms with Crippen molar-refractivity contribution in [2.45, 2.75) is 25.8 Å². The monoisotopic (exact) mass is 389 g/mol. The smallest absolute Gasteiger partial charge is 0.219 e. The Morgan fingerprint density at radius 1 is 1.28 bits per heavy atom. The average molecular weight is 389 g/mol. The molecule has 4 aromatic rings. The van der Waals surface area contributed by atoms with Crippen LogP contribution in [0.1, 0.15) is 29.3 Å². The average Bonchev–Trinajstić information content (AvgIpc) is 3.23. The Morgan fingerprint density at radius 3 is 3.00 bits per heavy atom. The molecule has 2 atom stereocenters. The largest absolute Gasteiger partial charge is 0.477 e. The van der Waals surface area contributed by atoms with E-state index in [2.05, 4.69) is 31.5 Å². The summed E-state index contributed by atoms with van der Waals surface area (Å²) in [5.41, 5.74) is 3.93. The molecule has 0 saturated heterocycles. The fourth-order valence-corrected chi connectivity index (χ4v) is 3.60. The van der Waals surface area contributed by atoms with Gasteiger partial charge in [0, 0.05) is 61.2 Å². The maximum atomic E-state index is 6.06. The molecule has 0 spiro atoms. The van der Waals surface area contributed by atoms with Crippen molar-refractivity contribution in [1.82, 2.24) is 29.4 Å². The Labute approximate surface area is 168 Å². The van der Waals surface area contributed by atoms with Crippen molar-refractivity contribution in [3.8, 4) is 5.88 Å². The third kappa shape index (κ3) is 3.78. The molecule has 2 unspecified atom stereocenters. The highest BCUT2D eigenvalue weighted by Crippen LogP contribution is 2.46. The van der Waals surface area contributed by atoms with Gasteiger partial charge in [0.05, 0.1) is 18.5 Å². The van der Waals surface area contributed by atoms with Gasteiger partial charge in [-0.2, -0.15) is 19.7 Å². The van der Waals surface area contributed by atoms with Crippen LogP contribution in [0.3, 0.4) is 0 Å². The van der Waals surface area contributed by atoms with E-state index in [-0.39, 0.29) is 0 Å². The third-order valence-electron chi connectivity index (χ3n) is 5.19. The van der Waals surface area contributed by atoms with Crippen LogP contribution in [0.5, 0.6) is 5.88 Å². The van der Waals surface area contributed by atoms with Gasteiger partial charge in [0.15, 0.2) is 5.65 Å². The number of nitrogens with zero attached hydrogens (tertiary/aromatic N) is 6. The van der Waals surface area contributed by atoms with Gasteiger partial charge in [0.1, 0.15) is 5.82 Å². The van der Waals surface area contributed by atoms with Crippen LogP contribution in [-0.2, 0) is 13.6 Å². The first-order valence-corrected chi connectivity index (χ1v) is 9.78. The number of aromatic nitrogens is 6. The maximum Gasteiger partial charge on any atom is 0.219 e. The lowest BCUT2D eigenvalue weighted by molar-refractivity contribution is 0.286. The number of nitrogens with one attached hydrogen (secondary N) is 1. The van der Waals surface area contributed by atoms with E-state index in [1.54, 1.807) is 4.68 Å². The first kappa shape index (κ1) is 17.7. The van der Waals surface area contributed by atoms with Crippen molar-refractivity contribution >= 4 is 11.5 Å². The summed E-state index contributed by atoms with van der Waals surface area (Å²) in [6, 6.07) is 9.94. The molecule has 5 rings (SSSR count). The van der Waals surface area contributed by atoms with Gasteiger partial charge in [-0.15, -0.1) is 0 Å². The number of hydrogen-bond acceptors (Lipinski definition) is 6. The van der Waals surface area contributed by atoms with E-state index in [4.69, 9.17) is 4.74 Å². The summed E-state index contributed by atoms with van der Waals surface area (Å²) < 4.78 is 9.66. The van der Waals surface area contributed by atoms with Crippen molar-refractivity contribution in [2.75, 3.05) is 11.9 Å². The van der Waals surface area contributed by atoms with Crippen molar-refractivity contribution in [3.63, 3.8) is 0 Å². The van der Waals surface area contributed by atoms with Gasteiger partial charge in [0.25, 0.3) is 0 Å². The van der Waals surface area contributed by atoms with Crippen molar-refractivity contribution in [1.29, 1.82) is 0 Å². The molecule has 1 saturated carbocycles. The lowest BCUT2D eigenvalue weighted by Gasteiger charge is -2.11. The van der Waals surface area contributed by atoms with E-state index in [0.717, 1.165) is 34.8 Å². The van der Waals surface area contributed by atoms with Crippen LogP contribution in [0.2, 0.25) is 0 Å². The second kappa shape index (κ2) is 7.20. The minimum Gasteiger partial charge on any atom is -0.477 e. The predicted octanol–water partition coefficient (Wildman–Crippen LogP) is 2.96. The first-order chi connectivity index (χ1) is 14.2. The van der Waals surface area contributed by atoms with Crippen LogP contribution in [0.4, 0.5) is 5.82 Å². The summed E-state index contributed by atoms with van der Waals surface area (Å²) in [7, 11) is 1.91. The molecular formula is C21H23N7O. The van der Waals surface area contributed by atoms with Crippen LogP contribution in [0, 0.1) is 12.8 Å². The predicted molar refractivity (Wildman–Crippen MR) is 109 cm³/mol. The molecule has 1 N–H and O–H groups in total. The van der Waals surface area contributed by atoms with Gasteiger partial charge in [-0.25, -0.2) is 0 Å². The van der Waals surface area contributed by atoms with Crippen molar-refractivity contribution < 1.29 is 4.74 Å². The molecule has 0 radical (unpaired) electrons. The molecule has 29 heavy (non-hydrogen) atoms. The summed E-state index contributed by atoms with van der Waals surface area (Å²) in [6.07, 6.45) is 6.80. The minimum absolute atomic E-state index is 0.486. The molecule has 0 aromatic carbocycles. The molecule has 0 aliphatic heterocycles. The molecule has 4 heterocycles. The Morgan fingerprint density at radius 2 is 2.21 bits per heavy atom. The molecular weight excluding hydrogens is 366 g/mol. The van der Waals surface area contributed by atoms with Crippen LogP contribution in [0.15, 0.2) is 48.9 Å². The fourth-order valence-electron chi connectivity index (χ4n) is 3.60. The second-order valence-corrected chi connectivity index (χ2v) is 7.58. The summed E-state index contributed by atoms with van der Waals surface area (Å²) in [5.74, 6) is 2.43. The molecule has 1 fully saturated rings. The third-order valence-corrected chi connectivity index (χ3v) is 5.19. The van der Waals surface area contributed by atoms with E-state index < -0.39 is 0 Å². The van der Waals surface area contributed by atoms with Crippen molar-refractivity contribution in [3.05, 3.63) is 65.9 Å². The molecule has 8 nitrogen and oxygen atoms in total. The zero-order valence-corrected chi connectivity index (χ0v) is 16.5. The zero-order valence-electron chi connectivity index (χ0n) is 16.5. The fraction of sp³-hybridized carbons (Fsp3) is 0.333. The molecule has 4 aromatic heterocycles. The topological polar surface area (TPSA) is 82.2 Å². The van der Waals surface area contributed by atoms with Gasteiger partial charge in [-0.3, -0.25) is 9.67 Å². The minimum atomic E-state index is 0.486. The van der Waals surface area contributed by atoms with E-state index in [1.165, 1.54) is 0 Å². The number of pyridine rings is 1. The van der Waals surface area contributed by atoms with Crippen molar-refractivity contribution in [2.24, 2.45) is 13.0 Å². The molecule has 0 bridgehead atoms. The summed E-state index contributed by atoms with van der Waals surface area (Å²) in [4.78, 5) is 9.08. The highest BCUT2D eigenvalue weighted by atomic mass is 16.5. The Hall–Kier alpha value is -3.42. The van der Waals surface area contributed by atoms with Gasteiger partial charge in [-0.1, -0.05) is 6.07 Å². The Kier molecular flexibility index (Phi) is 4.38. The highest BCUT2D eigenvalue weighted by Gasteiger charge is 2.39. The zero-order chi connectivity index (χ0) is 19.8. The molecule has 148 valence electrons. The molecule has 8 heteroatoms. The quantitative estimate of drug-likeness (QED) is 0.523. The number of fused-ring (bicyclic) bond motifs is 1. The van der Waals surface area contributed by atoms with Crippen LogP contribution >= 0.6 is 0 Å². The van der Waals surface area contributed by atoms with Gasteiger partial charge in [0.2, 0.25) is 5.88 Å². The summed E-state index contributed by atoms with van der Waals surface area (Å²) in [6.45, 7) is 3.25. The SMILES string of the molecule is Cc1cc2nc(OCC3CC3c3ccccn3)cc(NCc3cnn(C)c3)n2n1. The number of hydrogen-bond donors (Lipinski definition) is 1. The number of rotatable bonds is 7. The molecule has 1 aliphatic rings. The van der Waals surface area contributed by atoms with E-state index in [1.807, 2.05) is 61.3 Å². The van der Waals surface area contributed by atoms with Crippen LogP contribution in [-0.4, -0.2) is 36.0 Å². The Balaban J connectivity index is 1.30. The van der Waals surface area contributed by atoms with Gasteiger partial charge in [-0.05, 0) is 25.5 Å². The molecule has 0 amide bonds. The number of ether oxygens (including phenoxy) is 1. The normalized spacial score (nSPS) is 18.1. The van der Waals surface area contributed by atoms with Crippen LogP contribution in [0.25, 0.3) is 5.65 Å².